The van der Waals surface area contributed by atoms with Crippen molar-refractivity contribution < 1.29 is 4.79 Å². The van der Waals surface area contributed by atoms with Crippen LogP contribution in [0.25, 0.3) is 10.8 Å². The van der Waals surface area contributed by atoms with Crippen molar-refractivity contribution >= 4 is 34.1 Å². The number of aromatic nitrogens is 1. The van der Waals surface area contributed by atoms with Gasteiger partial charge in [0.2, 0.25) is 0 Å². The molecule has 0 aliphatic rings. The number of nitrogen functional groups attached to an aromatic ring is 1. The Morgan fingerprint density at radius 3 is 2.64 bits per heavy atom. The van der Waals surface area contributed by atoms with Crippen LogP contribution in [0.15, 0.2) is 48.7 Å². The first-order valence-electron chi connectivity index (χ1n) is 8.83. The Kier molecular flexibility index (Phi) is 6.15. The molecule has 0 saturated carbocycles. The Morgan fingerprint density at radius 1 is 1.18 bits per heavy atom. The van der Waals surface area contributed by atoms with E-state index in [4.69, 9.17) is 17.3 Å². The maximum atomic E-state index is 12.1. The topological polar surface area (TPSA) is 71.2 Å². The third-order valence-electron chi connectivity index (χ3n) is 4.21. The van der Waals surface area contributed by atoms with E-state index in [9.17, 15) is 4.79 Å². The molecule has 0 bridgehead atoms. The van der Waals surface area contributed by atoms with Gasteiger partial charge < -0.3 is 16.0 Å². The van der Waals surface area contributed by atoms with Crippen molar-refractivity contribution in [2.75, 3.05) is 32.9 Å². The molecule has 0 radical (unpaired) electrons. The molecule has 1 heterocycles. The van der Waals surface area contributed by atoms with Gasteiger partial charge in [-0.3, -0.25) is 4.79 Å². The van der Waals surface area contributed by atoms with Gasteiger partial charge >= 0.3 is 0 Å². The highest BCUT2D eigenvalue weighted by Crippen LogP contribution is 2.24. The first-order chi connectivity index (χ1) is 13.4. The van der Waals surface area contributed by atoms with Crippen LogP contribution >= 0.6 is 11.6 Å². The summed E-state index contributed by atoms with van der Waals surface area (Å²) >= 11 is 6.11. The molecule has 6 heteroatoms. The van der Waals surface area contributed by atoms with Crippen molar-refractivity contribution in [1.82, 2.24) is 15.2 Å². The van der Waals surface area contributed by atoms with Crippen molar-refractivity contribution in [3.63, 3.8) is 0 Å². The summed E-state index contributed by atoms with van der Waals surface area (Å²) in [7, 11) is 3.93. The van der Waals surface area contributed by atoms with E-state index in [2.05, 4.69) is 22.1 Å². The van der Waals surface area contributed by atoms with Crippen LogP contribution < -0.4 is 11.1 Å². The van der Waals surface area contributed by atoms with Crippen LogP contribution in [0.1, 0.15) is 21.5 Å². The average molecular weight is 393 g/mol. The van der Waals surface area contributed by atoms with Crippen molar-refractivity contribution in [3.05, 3.63) is 70.4 Å². The van der Waals surface area contributed by atoms with Crippen LogP contribution in [0.4, 0.5) is 5.82 Å². The summed E-state index contributed by atoms with van der Waals surface area (Å²) in [5, 5.41) is 5.29. The maximum absolute atomic E-state index is 12.1. The van der Waals surface area contributed by atoms with E-state index in [-0.39, 0.29) is 5.91 Å². The number of nitrogens with two attached hydrogens (primary N) is 1. The molecule has 0 aliphatic heterocycles. The smallest absolute Gasteiger partial charge is 0.251 e. The molecule has 142 valence electrons. The third-order valence-corrected chi connectivity index (χ3v) is 4.44. The molecular weight excluding hydrogens is 372 g/mol. The monoisotopic (exact) mass is 392 g/mol. The molecule has 0 unspecified atom stereocenters. The predicted octanol–water partition coefficient (Wildman–Crippen LogP) is 3.16. The van der Waals surface area contributed by atoms with Crippen LogP contribution in [0, 0.1) is 11.8 Å². The minimum absolute atomic E-state index is 0.0986. The minimum atomic E-state index is -0.0986. The van der Waals surface area contributed by atoms with E-state index in [0.29, 0.717) is 28.5 Å². The number of nitrogens with one attached hydrogen (secondary N) is 1. The summed E-state index contributed by atoms with van der Waals surface area (Å²) in [5.41, 5.74) is 8.04. The number of carbonyl (C=O) groups is 1. The van der Waals surface area contributed by atoms with Crippen LogP contribution in [0.5, 0.6) is 0 Å². The summed E-state index contributed by atoms with van der Waals surface area (Å²) in [5.74, 6) is 6.44. The summed E-state index contributed by atoms with van der Waals surface area (Å²) in [4.78, 5) is 18.4. The van der Waals surface area contributed by atoms with Gasteiger partial charge in [-0.05, 0) is 50.5 Å². The molecule has 2 aromatic carbocycles. The van der Waals surface area contributed by atoms with Crippen LogP contribution in [0.3, 0.4) is 0 Å². The molecule has 0 fully saturated rings. The standard InChI is InChI=1S/C22H21ClN4O/c1-27(2)12-11-25-22(28)16-6-3-15(4-7-16)5-10-19-20-13-18(23)9-8-17(20)14-26-21(19)24/h3-4,6-9,13-14H,11-12H2,1-2H3,(H2,24,26)(H,25,28). The van der Waals surface area contributed by atoms with Crippen LogP contribution in [-0.4, -0.2) is 43.0 Å². The summed E-state index contributed by atoms with van der Waals surface area (Å²) in [6, 6.07) is 12.7. The van der Waals surface area contributed by atoms with Crippen molar-refractivity contribution in [2.24, 2.45) is 0 Å². The number of benzene rings is 2. The lowest BCUT2D eigenvalue weighted by atomic mass is 10.1. The Labute approximate surface area is 169 Å². The molecule has 3 N–H and O–H groups in total. The van der Waals surface area contributed by atoms with Gasteiger partial charge in [0.25, 0.3) is 5.91 Å². The van der Waals surface area contributed by atoms with E-state index in [1.807, 2.05) is 43.3 Å². The van der Waals surface area contributed by atoms with Crippen LogP contribution in [-0.2, 0) is 0 Å². The third kappa shape index (κ3) is 4.80. The lowest BCUT2D eigenvalue weighted by molar-refractivity contribution is 0.0951. The zero-order valence-electron chi connectivity index (χ0n) is 15.8. The summed E-state index contributed by atoms with van der Waals surface area (Å²) < 4.78 is 0. The van der Waals surface area contributed by atoms with E-state index in [1.165, 1.54) is 0 Å². The van der Waals surface area contributed by atoms with E-state index in [0.717, 1.165) is 22.9 Å². The molecule has 1 amide bonds. The first kappa shape index (κ1) is 19.7. The Bertz CT molecular complexity index is 1060. The Hall–Kier alpha value is -3.07. The fraction of sp³-hybridized carbons (Fsp3) is 0.182. The molecule has 3 rings (SSSR count). The van der Waals surface area contributed by atoms with Gasteiger partial charge in [-0.15, -0.1) is 0 Å². The second-order valence-electron chi connectivity index (χ2n) is 6.64. The number of halogens is 1. The number of hydrogen-bond donors (Lipinski definition) is 2. The van der Waals surface area contributed by atoms with Gasteiger partial charge in [-0.2, -0.15) is 0 Å². The van der Waals surface area contributed by atoms with E-state index < -0.39 is 0 Å². The summed E-state index contributed by atoms with van der Waals surface area (Å²) in [6.45, 7) is 1.39. The number of nitrogens with zero attached hydrogens (tertiary/aromatic N) is 2. The van der Waals surface area contributed by atoms with Crippen molar-refractivity contribution in [1.29, 1.82) is 0 Å². The second-order valence-corrected chi connectivity index (χ2v) is 7.07. The molecule has 28 heavy (non-hydrogen) atoms. The van der Waals surface area contributed by atoms with Gasteiger partial charge in [-0.25, -0.2) is 4.98 Å². The number of pyridine rings is 1. The molecule has 0 atom stereocenters. The molecule has 1 aromatic heterocycles. The minimum Gasteiger partial charge on any atom is -0.383 e. The lowest BCUT2D eigenvalue weighted by Crippen LogP contribution is -2.31. The number of hydrogen-bond acceptors (Lipinski definition) is 4. The highest BCUT2D eigenvalue weighted by Gasteiger charge is 2.06. The quantitative estimate of drug-likeness (QED) is 0.669. The molecule has 0 saturated heterocycles. The van der Waals surface area contributed by atoms with E-state index >= 15 is 0 Å². The Balaban J connectivity index is 1.80. The first-order valence-corrected chi connectivity index (χ1v) is 9.20. The lowest BCUT2D eigenvalue weighted by Gasteiger charge is -2.10. The zero-order chi connectivity index (χ0) is 20.1. The number of carbonyl (C=O) groups excluding carboxylic acids is 1. The number of rotatable bonds is 4. The number of likely N-dealkylation sites (N-methyl/N-ethyl adjacent to an activating group) is 1. The Morgan fingerprint density at radius 2 is 1.93 bits per heavy atom. The highest BCUT2D eigenvalue weighted by atomic mass is 35.5. The van der Waals surface area contributed by atoms with Gasteiger partial charge in [-0.1, -0.05) is 29.5 Å². The molecule has 3 aromatic rings. The summed E-state index contributed by atoms with van der Waals surface area (Å²) in [6.07, 6.45) is 1.70. The number of amides is 1. The normalized spacial score (nSPS) is 10.6. The van der Waals surface area contributed by atoms with Gasteiger partial charge in [0.05, 0.1) is 5.56 Å². The van der Waals surface area contributed by atoms with Crippen molar-refractivity contribution in [2.45, 2.75) is 0 Å². The van der Waals surface area contributed by atoms with Gasteiger partial charge in [0.15, 0.2) is 0 Å². The van der Waals surface area contributed by atoms with Crippen molar-refractivity contribution in [3.8, 4) is 11.8 Å². The number of anilines is 1. The molecule has 5 nitrogen and oxygen atoms in total. The van der Waals surface area contributed by atoms with Crippen LogP contribution in [0.2, 0.25) is 5.02 Å². The molecule has 0 aliphatic carbocycles. The fourth-order valence-corrected chi connectivity index (χ4v) is 2.84. The average Bonchev–Trinajstić information content (AvgIpc) is 2.67. The maximum Gasteiger partial charge on any atom is 0.251 e. The zero-order valence-corrected chi connectivity index (χ0v) is 16.5. The van der Waals surface area contributed by atoms with Gasteiger partial charge in [0, 0.05) is 46.2 Å². The molecular formula is C22H21ClN4O. The number of fused-ring (bicyclic) bond motifs is 1. The molecule has 0 spiro atoms. The fourth-order valence-electron chi connectivity index (χ4n) is 2.67. The van der Waals surface area contributed by atoms with Gasteiger partial charge in [0.1, 0.15) is 5.82 Å². The SMILES string of the molecule is CN(C)CCNC(=O)c1ccc(C#Cc2c(N)ncc3ccc(Cl)cc23)cc1. The largest absolute Gasteiger partial charge is 0.383 e. The highest BCUT2D eigenvalue weighted by molar-refractivity contribution is 6.31. The second kappa shape index (κ2) is 8.75. The predicted molar refractivity (Wildman–Crippen MR) is 114 cm³/mol. The van der Waals surface area contributed by atoms with E-state index in [1.54, 1.807) is 24.4 Å².